The molecule has 3 aromatic rings. The van der Waals surface area contributed by atoms with Crippen LogP contribution in [0.15, 0.2) is 48.7 Å². The Balaban J connectivity index is 1.65. The molecule has 2 N–H and O–H groups in total. The molecule has 0 unspecified atom stereocenters. The molecule has 26 heavy (non-hydrogen) atoms. The van der Waals surface area contributed by atoms with E-state index in [0.29, 0.717) is 11.3 Å². The number of anilines is 1. The van der Waals surface area contributed by atoms with E-state index in [1.165, 1.54) is 43.5 Å². The summed E-state index contributed by atoms with van der Waals surface area (Å²) in [5.41, 5.74) is 11.5. The summed E-state index contributed by atoms with van der Waals surface area (Å²) in [6.45, 7) is 3.41. The fourth-order valence-electron chi connectivity index (χ4n) is 3.71. The van der Waals surface area contributed by atoms with E-state index in [1.807, 2.05) is 12.1 Å². The lowest BCUT2D eigenvalue weighted by atomic mass is 10.00. The molecular formula is C22H22N4. The molecule has 0 amide bonds. The Kier molecular flexibility index (Phi) is 4.55. The Morgan fingerprint density at radius 1 is 1.04 bits per heavy atom. The van der Waals surface area contributed by atoms with E-state index >= 15 is 0 Å². The minimum Gasteiger partial charge on any atom is -0.397 e. The Bertz CT molecular complexity index is 981. The van der Waals surface area contributed by atoms with E-state index in [2.05, 4.69) is 46.3 Å². The fourth-order valence-corrected chi connectivity index (χ4v) is 3.71. The number of nitrogens with two attached hydrogens (primary N) is 1. The van der Waals surface area contributed by atoms with Gasteiger partial charge in [0, 0.05) is 18.1 Å². The molecule has 0 bridgehead atoms. The second-order valence-corrected chi connectivity index (χ2v) is 6.97. The smallest absolute Gasteiger partial charge is 0.103 e. The minimum absolute atomic E-state index is 0.425. The molecule has 1 aliphatic rings. The van der Waals surface area contributed by atoms with E-state index < -0.39 is 0 Å². The van der Waals surface area contributed by atoms with Gasteiger partial charge in [-0.2, -0.15) is 5.26 Å². The minimum atomic E-state index is 0.425. The highest BCUT2D eigenvalue weighted by atomic mass is 15.1. The Morgan fingerprint density at radius 3 is 2.65 bits per heavy atom. The van der Waals surface area contributed by atoms with Crippen molar-refractivity contribution in [3.63, 3.8) is 0 Å². The number of likely N-dealkylation sites (tertiary alicyclic amines) is 1. The molecule has 4 heteroatoms. The highest BCUT2D eigenvalue weighted by Gasteiger charge is 2.11. The van der Waals surface area contributed by atoms with E-state index in [9.17, 15) is 0 Å². The van der Waals surface area contributed by atoms with Crippen molar-refractivity contribution in [2.75, 3.05) is 18.8 Å². The molecule has 4 rings (SSSR count). The summed E-state index contributed by atoms with van der Waals surface area (Å²) in [6.07, 6.45) is 5.52. The zero-order valence-corrected chi connectivity index (χ0v) is 14.8. The van der Waals surface area contributed by atoms with E-state index in [-0.39, 0.29) is 0 Å². The van der Waals surface area contributed by atoms with Crippen molar-refractivity contribution in [3.05, 3.63) is 59.8 Å². The maximum atomic E-state index is 9.10. The van der Waals surface area contributed by atoms with Gasteiger partial charge in [-0.1, -0.05) is 36.8 Å². The maximum Gasteiger partial charge on any atom is 0.103 e. The molecule has 0 saturated carbocycles. The SMILES string of the molecule is N#Cc1cnc2cc(-c3cccc(CN4CCCCC4)c3)ccc2c1N. The van der Waals surface area contributed by atoms with Crippen LogP contribution in [-0.4, -0.2) is 23.0 Å². The summed E-state index contributed by atoms with van der Waals surface area (Å²) < 4.78 is 0. The number of piperidine rings is 1. The lowest BCUT2D eigenvalue weighted by molar-refractivity contribution is 0.221. The summed E-state index contributed by atoms with van der Waals surface area (Å²) in [6, 6.07) is 16.9. The molecular weight excluding hydrogens is 320 g/mol. The topological polar surface area (TPSA) is 65.9 Å². The lowest BCUT2D eigenvalue weighted by Gasteiger charge is -2.26. The van der Waals surface area contributed by atoms with Crippen molar-refractivity contribution in [1.29, 1.82) is 5.26 Å². The average Bonchev–Trinajstić information content (AvgIpc) is 2.69. The number of nitrogens with zero attached hydrogens (tertiary/aromatic N) is 3. The molecule has 1 fully saturated rings. The quantitative estimate of drug-likeness (QED) is 0.769. The Hall–Kier alpha value is -2.90. The van der Waals surface area contributed by atoms with Gasteiger partial charge < -0.3 is 5.73 Å². The summed E-state index contributed by atoms with van der Waals surface area (Å²) >= 11 is 0. The summed E-state index contributed by atoms with van der Waals surface area (Å²) in [5.74, 6) is 0. The summed E-state index contributed by atoms with van der Waals surface area (Å²) in [4.78, 5) is 6.94. The summed E-state index contributed by atoms with van der Waals surface area (Å²) in [7, 11) is 0. The van der Waals surface area contributed by atoms with Crippen LogP contribution >= 0.6 is 0 Å². The number of pyridine rings is 1. The third-order valence-electron chi connectivity index (χ3n) is 5.15. The third-order valence-corrected chi connectivity index (χ3v) is 5.15. The van der Waals surface area contributed by atoms with Crippen LogP contribution in [0, 0.1) is 11.3 Å². The number of hydrogen-bond donors (Lipinski definition) is 1. The molecule has 2 heterocycles. The summed E-state index contributed by atoms with van der Waals surface area (Å²) in [5, 5.41) is 9.93. The van der Waals surface area contributed by atoms with Gasteiger partial charge in [-0.05, 0) is 54.8 Å². The van der Waals surface area contributed by atoms with Crippen molar-refractivity contribution in [1.82, 2.24) is 9.88 Å². The van der Waals surface area contributed by atoms with Gasteiger partial charge in [-0.25, -0.2) is 0 Å². The van der Waals surface area contributed by atoms with Crippen molar-refractivity contribution >= 4 is 16.6 Å². The highest BCUT2D eigenvalue weighted by molar-refractivity contribution is 5.95. The molecule has 0 atom stereocenters. The van der Waals surface area contributed by atoms with Gasteiger partial charge in [0.1, 0.15) is 6.07 Å². The second kappa shape index (κ2) is 7.15. The molecule has 0 radical (unpaired) electrons. The van der Waals surface area contributed by atoms with Crippen LogP contribution in [0.3, 0.4) is 0 Å². The average molecular weight is 342 g/mol. The largest absolute Gasteiger partial charge is 0.397 e. The normalized spacial score (nSPS) is 15.0. The van der Waals surface area contributed by atoms with Crippen LogP contribution < -0.4 is 5.73 Å². The number of rotatable bonds is 3. The molecule has 0 aliphatic carbocycles. The zero-order chi connectivity index (χ0) is 17.9. The predicted octanol–water partition coefficient (Wildman–Crippen LogP) is 4.34. The van der Waals surface area contributed by atoms with Gasteiger partial charge >= 0.3 is 0 Å². The van der Waals surface area contributed by atoms with E-state index in [0.717, 1.165) is 23.0 Å². The van der Waals surface area contributed by atoms with Gasteiger partial charge in [0.15, 0.2) is 0 Å². The number of benzene rings is 2. The van der Waals surface area contributed by atoms with Crippen LogP contribution in [0.25, 0.3) is 22.0 Å². The lowest BCUT2D eigenvalue weighted by Crippen LogP contribution is -2.29. The molecule has 1 aliphatic heterocycles. The van der Waals surface area contributed by atoms with Crippen molar-refractivity contribution in [3.8, 4) is 17.2 Å². The number of aromatic nitrogens is 1. The highest BCUT2D eigenvalue weighted by Crippen LogP contribution is 2.28. The molecule has 1 saturated heterocycles. The van der Waals surface area contributed by atoms with Crippen molar-refractivity contribution < 1.29 is 0 Å². The monoisotopic (exact) mass is 342 g/mol. The molecule has 0 spiro atoms. The Morgan fingerprint density at radius 2 is 1.85 bits per heavy atom. The standard InChI is InChI=1S/C22H22N4/c23-13-19-14-25-21-12-18(7-8-20(21)22(19)24)17-6-4-5-16(11-17)15-26-9-2-1-3-10-26/h4-8,11-12,14H,1-3,9-10,15H2,(H2,24,25). The van der Waals surface area contributed by atoms with Gasteiger partial charge in [-0.3, -0.25) is 9.88 Å². The second-order valence-electron chi connectivity index (χ2n) is 6.97. The van der Waals surface area contributed by atoms with Crippen molar-refractivity contribution in [2.24, 2.45) is 0 Å². The molecule has 1 aromatic heterocycles. The molecule has 2 aromatic carbocycles. The fraction of sp³-hybridized carbons (Fsp3) is 0.273. The van der Waals surface area contributed by atoms with Crippen LogP contribution in [0.4, 0.5) is 5.69 Å². The van der Waals surface area contributed by atoms with Crippen LogP contribution in [-0.2, 0) is 6.54 Å². The van der Waals surface area contributed by atoms with Gasteiger partial charge in [-0.15, -0.1) is 0 Å². The van der Waals surface area contributed by atoms with E-state index in [1.54, 1.807) is 6.20 Å². The first-order valence-electron chi connectivity index (χ1n) is 9.14. The number of fused-ring (bicyclic) bond motifs is 1. The third kappa shape index (κ3) is 3.26. The van der Waals surface area contributed by atoms with Gasteiger partial charge in [0.2, 0.25) is 0 Å². The Labute approximate surface area is 153 Å². The number of hydrogen-bond acceptors (Lipinski definition) is 4. The first kappa shape index (κ1) is 16.6. The van der Waals surface area contributed by atoms with Crippen molar-refractivity contribution in [2.45, 2.75) is 25.8 Å². The first-order valence-corrected chi connectivity index (χ1v) is 9.14. The number of nitriles is 1. The van der Waals surface area contributed by atoms with E-state index in [4.69, 9.17) is 11.0 Å². The first-order chi connectivity index (χ1) is 12.7. The molecule has 130 valence electrons. The number of nitrogen functional groups attached to an aromatic ring is 1. The van der Waals surface area contributed by atoms with Crippen LogP contribution in [0.2, 0.25) is 0 Å². The maximum absolute atomic E-state index is 9.10. The predicted molar refractivity (Wildman–Crippen MR) is 105 cm³/mol. The molecule has 4 nitrogen and oxygen atoms in total. The van der Waals surface area contributed by atoms with Gasteiger partial charge in [0.25, 0.3) is 0 Å². The van der Waals surface area contributed by atoms with Crippen LogP contribution in [0.1, 0.15) is 30.4 Å². The van der Waals surface area contributed by atoms with Gasteiger partial charge in [0.05, 0.1) is 16.8 Å². The zero-order valence-electron chi connectivity index (χ0n) is 14.8. The van der Waals surface area contributed by atoms with Crippen LogP contribution in [0.5, 0.6) is 0 Å².